The van der Waals surface area contributed by atoms with Crippen molar-refractivity contribution in [1.29, 1.82) is 0 Å². The number of methoxy groups -OCH3 is 2. The summed E-state index contributed by atoms with van der Waals surface area (Å²) < 4.78 is 24.4. The van der Waals surface area contributed by atoms with Gasteiger partial charge in [0.25, 0.3) is 0 Å². The van der Waals surface area contributed by atoms with E-state index < -0.39 is 0 Å². The SMILES string of the molecule is COc1ccc2c(c1OC)CCNC2c1cccc(F)c1. The first-order chi connectivity index (χ1) is 10.2. The highest BCUT2D eigenvalue weighted by atomic mass is 19.1. The van der Waals surface area contributed by atoms with Crippen molar-refractivity contribution in [2.24, 2.45) is 0 Å². The van der Waals surface area contributed by atoms with Gasteiger partial charge in [0, 0.05) is 12.1 Å². The van der Waals surface area contributed by atoms with Gasteiger partial charge in [0.2, 0.25) is 0 Å². The van der Waals surface area contributed by atoms with E-state index in [2.05, 4.69) is 5.32 Å². The molecule has 1 N–H and O–H groups in total. The highest BCUT2D eigenvalue weighted by Crippen LogP contribution is 2.39. The average molecular weight is 287 g/mol. The van der Waals surface area contributed by atoms with Gasteiger partial charge in [-0.3, -0.25) is 0 Å². The molecule has 0 aromatic heterocycles. The van der Waals surface area contributed by atoms with Crippen LogP contribution in [0.3, 0.4) is 0 Å². The van der Waals surface area contributed by atoms with Crippen molar-refractivity contribution >= 4 is 0 Å². The molecule has 0 saturated carbocycles. The van der Waals surface area contributed by atoms with Gasteiger partial charge in [-0.1, -0.05) is 18.2 Å². The highest BCUT2D eigenvalue weighted by molar-refractivity contribution is 5.54. The summed E-state index contributed by atoms with van der Waals surface area (Å²) in [4.78, 5) is 0. The molecule has 0 radical (unpaired) electrons. The van der Waals surface area contributed by atoms with Gasteiger partial charge in [-0.15, -0.1) is 0 Å². The van der Waals surface area contributed by atoms with E-state index in [1.165, 1.54) is 6.07 Å². The Kier molecular flexibility index (Phi) is 3.80. The molecule has 2 aromatic carbocycles. The molecule has 1 unspecified atom stereocenters. The summed E-state index contributed by atoms with van der Waals surface area (Å²) in [5, 5.41) is 3.44. The molecule has 0 amide bonds. The lowest BCUT2D eigenvalue weighted by Crippen LogP contribution is -2.31. The molecule has 2 aromatic rings. The van der Waals surface area contributed by atoms with Gasteiger partial charge in [0.15, 0.2) is 11.5 Å². The van der Waals surface area contributed by atoms with Gasteiger partial charge in [0.05, 0.1) is 20.3 Å². The second-order valence-corrected chi connectivity index (χ2v) is 5.06. The minimum atomic E-state index is -0.220. The molecule has 3 nitrogen and oxygen atoms in total. The molecular weight excluding hydrogens is 269 g/mol. The molecule has 1 aliphatic rings. The third-order valence-electron chi connectivity index (χ3n) is 3.90. The second-order valence-electron chi connectivity index (χ2n) is 5.06. The molecule has 21 heavy (non-hydrogen) atoms. The maximum Gasteiger partial charge on any atom is 0.164 e. The van der Waals surface area contributed by atoms with Crippen LogP contribution in [0.4, 0.5) is 4.39 Å². The van der Waals surface area contributed by atoms with Crippen LogP contribution in [0.15, 0.2) is 36.4 Å². The van der Waals surface area contributed by atoms with Crippen molar-refractivity contribution in [3.05, 3.63) is 58.9 Å². The topological polar surface area (TPSA) is 30.5 Å². The predicted octanol–water partition coefficient (Wildman–Crippen LogP) is 3.08. The first-order valence-electron chi connectivity index (χ1n) is 6.97. The molecule has 1 atom stereocenters. The monoisotopic (exact) mass is 287 g/mol. The van der Waals surface area contributed by atoms with Crippen molar-refractivity contribution in [3.63, 3.8) is 0 Å². The van der Waals surface area contributed by atoms with E-state index in [-0.39, 0.29) is 11.9 Å². The summed E-state index contributed by atoms with van der Waals surface area (Å²) in [6.45, 7) is 0.817. The van der Waals surface area contributed by atoms with E-state index in [0.717, 1.165) is 41.2 Å². The quantitative estimate of drug-likeness (QED) is 0.941. The van der Waals surface area contributed by atoms with Crippen molar-refractivity contribution in [2.45, 2.75) is 12.5 Å². The number of halogens is 1. The Labute approximate surface area is 123 Å². The molecule has 3 rings (SSSR count). The summed E-state index contributed by atoms with van der Waals surface area (Å²) in [6, 6.07) is 10.6. The van der Waals surface area contributed by atoms with E-state index in [9.17, 15) is 4.39 Å². The Hall–Kier alpha value is -2.07. The molecule has 0 spiro atoms. The number of rotatable bonds is 3. The minimum Gasteiger partial charge on any atom is -0.493 e. The highest BCUT2D eigenvalue weighted by Gasteiger charge is 2.25. The van der Waals surface area contributed by atoms with Crippen LogP contribution in [0, 0.1) is 5.82 Å². The summed E-state index contributed by atoms with van der Waals surface area (Å²) in [5.41, 5.74) is 3.16. The Bertz CT molecular complexity index is 657. The van der Waals surface area contributed by atoms with E-state index in [0.29, 0.717) is 0 Å². The Balaban J connectivity index is 2.10. The van der Waals surface area contributed by atoms with Gasteiger partial charge in [0.1, 0.15) is 5.82 Å². The summed E-state index contributed by atoms with van der Waals surface area (Å²) in [5.74, 6) is 1.29. The molecule has 0 saturated heterocycles. The fraction of sp³-hybridized carbons (Fsp3) is 0.294. The van der Waals surface area contributed by atoms with Gasteiger partial charge in [-0.2, -0.15) is 0 Å². The predicted molar refractivity (Wildman–Crippen MR) is 79.5 cm³/mol. The van der Waals surface area contributed by atoms with Gasteiger partial charge < -0.3 is 14.8 Å². The van der Waals surface area contributed by atoms with Crippen LogP contribution < -0.4 is 14.8 Å². The van der Waals surface area contributed by atoms with E-state index in [4.69, 9.17) is 9.47 Å². The lowest BCUT2D eigenvalue weighted by molar-refractivity contribution is 0.348. The van der Waals surface area contributed by atoms with Crippen LogP contribution >= 0.6 is 0 Å². The smallest absolute Gasteiger partial charge is 0.164 e. The molecular formula is C17H18FNO2. The van der Waals surface area contributed by atoms with Crippen molar-refractivity contribution in [3.8, 4) is 11.5 Å². The first-order valence-corrected chi connectivity index (χ1v) is 6.97. The number of hydrogen-bond donors (Lipinski definition) is 1. The Morgan fingerprint density at radius 3 is 2.71 bits per heavy atom. The van der Waals surface area contributed by atoms with Crippen LogP contribution in [-0.2, 0) is 6.42 Å². The number of nitrogens with one attached hydrogen (secondary N) is 1. The van der Waals surface area contributed by atoms with Gasteiger partial charge >= 0.3 is 0 Å². The van der Waals surface area contributed by atoms with E-state index >= 15 is 0 Å². The second kappa shape index (κ2) is 5.74. The maximum absolute atomic E-state index is 13.5. The third kappa shape index (κ3) is 2.47. The average Bonchev–Trinajstić information content (AvgIpc) is 2.53. The summed E-state index contributed by atoms with van der Waals surface area (Å²) in [7, 11) is 3.28. The third-order valence-corrected chi connectivity index (χ3v) is 3.90. The normalized spacial score (nSPS) is 17.2. The fourth-order valence-electron chi connectivity index (χ4n) is 2.97. The molecule has 1 aliphatic heterocycles. The molecule has 4 heteroatoms. The van der Waals surface area contributed by atoms with Crippen molar-refractivity contribution < 1.29 is 13.9 Å². The number of benzene rings is 2. The maximum atomic E-state index is 13.5. The Morgan fingerprint density at radius 1 is 1.14 bits per heavy atom. The Morgan fingerprint density at radius 2 is 2.00 bits per heavy atom. The zero-order valence-electron chi connectivity index (χ0n) is 12.2. The molecule has 0 bridgehead atoms. The van der Waals surface area contributed by atoms with Crippen molar-refractivity contribution in [1.82, 2.24) is 5.32 Å². The standard InChI is InChI=1S/C17H18FNO2/c1-20-15-7-6-13-14(17(15)21-2)8-9-19-16(13)11-4-3-5-12(18)10-11/h3-7,10,16,19H,8-9H2,1-2H3. The van der Waals surface area contributed by atoms with Gasteiger partial charge in [-0.05, 0) is 35.7 Å². The molecule has 1 heterocycles. The minimum absolute atomic E-state index is 0.0238. The number of fused-ring (bicyclic) bond motifs is 1. The van der Waals surface area contributed by atoms with Gasteiger partial charge in [-0.25, -0.2) is 4.39 Å². The van der Waals surface area contributed by atoms with Crippen molar-refractivity contribution in [2.75, 3.05) is 20.8 Å². The van der Waals surface area contributed by atoms with Crippen LogP contribution in [0.25, 0.3) is 0 Å². The molecule has 0 aliphatic carbocycles. The van der Waals surface area contributed by atoms with Crippen LogP contribution in [0.1, 0.15) is 22.7 Å². The van der Waals surface area contributed by atoms with Crippen LogP contribution in [0.5, 0.6) is 11.5 Å². The largest absolute Gasteiger partial charge is 0.493 e. The van der Waals surface area contributed by atoms with Crippen LogP contribution in [-0.4, -0.2) is 20.8 Å². The van der Waals surface area contributed by atoms with Crippen LogP contribution in [0.2, 0.25) is 0 Å². The first kappa shape index (κ1) is 13.9. The molecule has 110 valence electrons. The summed E-state index contributed by atoms with van der Waals surface area (Å²) in [6.07, 6.45) is 0.863. The number of hydrogen-bond acceptors (Lipinski definition) is 3. The molecule has 0 fully saturated rings. The van der Waals surface area contributed by atoms with E-state index in [1.54, 1.807) is 26.4 Å². The number of ether oxygens (including phenoxy) is 2. The van der Waals surface area contributed by atoms with E-state index in [1.807, 2.05) is 18.2 Å². The lowest BCUT2D eigenvalue weighted by Gasteiger charge is -2.29. The summed E-state index contributed by atoms with van der Waals surface area (Å²) >= 11 is 0. The fourth-order valence-corrected chi connectivity index (χ4v) is 2.97. The zero-order chi connectivity index (χ0) is 14.8. The lowest BCUT2D eigenvalue weighted by atomic mass is 9.89. The zero-order valence-corrected chi connectivity index (χ0v) is 12.2.